The van der Waals surface area contributed by atoms with Gasteiger partial charge in [0.15, 0.2) is 5.69 Å². The Hall–Kier alpha value is -2.99. The third-order valence-electron chi connectivity index (χ3n) is 5.71. The molecule has 1 atom stereocenters. The van der Waals surface area contributed by atoms with E-state index in [1.807, 2.05) is 0 Å². The maximum Gasteiger partial charge on any atom is 0.272 e. The molecule has 6 heteroatoms. The van der Waals surface area contributed by atoms with Crippen molar-refractivity contribution in [2.45, 2.75) is 45.3 Å². The van der Waals surface area contributed by atoms with Crippen molar-refractivity contribution in [3.63, 3.8) is 0 Å². The number of hydrogen-bond donors (Lipinski definition) is 2. The monoisotopic (exact) mass is 390 g/mol. The van der Waals surface area contributed by atoms with Gasteiger partial charge in [0, 0.05) is 24.5 Å². The lowest BCUT2D eigenvalue weighted by molar-refractivity contribution is 0.0946. The summed E-state index contributed by atoms with van der Waals surface area (Å²) < 4.78 is 0. The van der Waals surface area contributed by atoms with E-state index in [9.17, 15) is 9.59 Å². The molecule has 0 saturated carbocycles. The van der Waals surface area contributed by atoms with Crippen LogP contribution in [0.2, 0.25) is 0 Å². The summed E-state index contributed by atoms with van der Waals surface area (Å²) in [4.78, 5) is 27.0. The molecule has 1 saturated heterocycles. The molecular weight excluding hydrogens is 364 g/mol. The Morgan fingerprint density at radius 1 is 1.10 bits per heavy atom. The summed E-state index contributed by atoms with van der Waals surface area (Å²) in [5, 5.41) is 10.3. The molecule has 1 aliphatic rings. The molecule has 2 N–H and O–H groups in total. The second-order valence-corrected chi connectivity index (χ2v) is 7.76. The Kier molecular flexibility index (Phi) is 5.71. The molecule has 1 unspecified atom stereocenters. The van der Waals surface area contributed by atoms with Gasteiger partial charge in [-0.05, 0) is 43.5 Å². The largest absolute Gasteiger partial charge is 0.347 e. The first-order valence-electron chi connectivity index (χ1n) is 10.2. The van der Waals surface area contributed by atoms with E-state index in [1.54, 1.807) is 24.3 Å². The SMILES string of the molecule is CC1CCCCN1Cc1ccc(CNC(=O)c2n[nH]c(=O)c3ccccc23)cc1. The molecule has 3 aromatic rings. The molecule has 0 bridgehead atoms. The lowest BCUT2D eigenvalue weighted by Gasteiger charge is -2.33. The van der Waals surface area contributed by atoms with Gasteiger partial charge in [0.25, 0.3) is 11.5 Å². The third-order valence-corrected chi connectivity index (χ3v) is 5.71. The molecule has 150 valence electrons. The van der Waals surface area contributed by atoms with Gasteiger partial charge >= 0.3 is 0 Å². The van der Waals surface area contributed by atoms with Crippen LogP contribution >= 0.6 is 0 Å². The van der Waals surface area contributed by atoms with Crippen molar-refractivity contribution >= 4 is 16.7 Å². The van der Waals surface area contributed by atoms with Crippen molar-refractivity contribution in [1.29, 1.82) is 0 Å². The van der Waals surface area contributed by atoms with E-state index in [0.29, 0.717) is 23.4 Å². The van der Waals surface area contributed by atoms with Crippen molar-refractivity contribution < 1.29 is 4.79 Å². The van der Waals surface area contributed by atoms with Crippen LogP contribution in [0.5, 0.6) is 0 Å². The number of hydrogen-bond acceptors (Lipinski definition) is 4. The summed E-state index contributed by atoms with van der Waals surface area (Å²) in [7, 11) is 0. The number of carbonyl (C=O) groups excluding carboxylic acids is 1. The molecule has 0 aliphatic carbocycles. The Bertz CT molecular complexity index is 1060. The number of fused-ring (bicyclic) bond motifs is 1. The van der Waals surface area contributed by atoms with Crippen molar-refractivity contribution in [3.8, 4) is 0 Å². The number of benzene rings is 2. The van der Waals surface area contributed by atoms with Crippen molar-refractivity contribution in [2.24, 2.45) is 0 Å². The van der Waals surface area contributed by atoms with Crippen molar-refractivity contribution in [1.82, 2.24) is 20.4 Å². The summed E-state index contributed by atoms with van der Waals surface area (Å²) in [6, 6.07) is 16.0. The third kappa shape index (κ3) is 4.38. The van der Waals surface area contributed by atoms with Crippen LogP contribution in [0.3, 0.4) is 0 Å². The zero-order chi connectivity index (χ0) is 20.2. The molecule has 4 rings (SSSR count). The summed E-state index contributed by atoms with van der Waals surface area (Å²) in [5.74, 6) is -0.302. The second kappa shape index (κ2) is 8.57. The highest BCUT2D eigenvalue weighted by atomic mass is 16.2. The summed E-state index contributed by atoms with van der Waals surface area (Å²) >= 11 is 0. The maximum absolute atomic E-state index is 12.6. The number of aromatic nitrogens is 2. The molecule has 1 aromatic heterocycles. The summed E-state index contributed by atoms with van der Waals surface area (Å²) in [6.45, 7) is 4.85. The van der Waals surface area contributed by atoms with Crippen LogP contribution < -0.4 is 10.9 Å². The standard InChI is InChI=1S/C23H26N4O2/c1-16-6-4-5-13-27(16)15-18-11-9-17(10-12-18)14-24-23(29)21-19-7-2-3-8-20(19)22(28)26-25-21/h2-3,7-12,16H,4-6,13-15H2,1H3,(H,24,29)(H,26,28). The lowest BCUT2D eigenvalue weighted by atomic mass is 10.0. The fraction of sp³-hybridized carbons (Fsp3) is 0.348. The molecule has 1 amide bonds. The zero-order valence-electron chi connectivity index (χ0n) is 16.6. The van der Waals surface area contributed by atoms with Gasteiger partial charge in [-0.1, -0.05) is 48.9 Å². The predicted octanol–water partition coefficient (Wildman–Crippen LogP) is 3.23. The number of nitrogens with one attached hydrogen (secondary N) is 2. The second-order valence-electron chi connectivity index (χ2n) is 7.76. The minimum Gasteiger partial charge on any atom is -0.347 e. The molecule has 0 radical (unpaired) electrons. The van der Waals surface area contributed by atoms with Gasteiger partial charge in [0.2, 0.25) is 0 Å². The Labute approximate surface area is 169 Å². The van der Waals surface area contributed by atoms with E-state index in [2.05, 4.69) is 51.6 Å². The summed E-state index contributed by atoms with van der Waals surface area (Å²) in [6.07, 6.45) is 3.88. The Balaban J connectivity index is 1.40. The maximum atomic E-state index is 12.6. The average Bonchev–Trinajstić information content (AvgIpc) is 2.75. The number of aromatic amines is 1. The van der Waals surface area contributed by atoms with Crippen LogP contribution in [0.25, 0.3) is 10.8 Å². The molecule has 1 fully saturated rings. The van der Waals surface area contributed by atoms with Gasteiger partial charge in [-0.25, -0.2) is 5.10 Å². The smallest absolute Gasteiger partial charge is 0.272 e. The van der Waals surface area contributed by atoms with Crippen LogP contribution in [-0.4, -0.2) is 33.6 Å². The van der Waals surface area contributed by atoms with Crippen LogP contribution in [0.1, 0.15) is 47.8 Å². The Morgan fingerprint density at radius 3 is 2.59 bits per heavy atom. The topological polar surface area (TPSA) is 78.1 Å². The van der Waals surface area contributed by atoms with E-state index in [1.165, 1.54) is 31.4 Å². The van der Waals surface area contributed by atoms with Gasteiger partial charge < -0.3 is 5.32 Å². The van der Waals surface area contributed by atoms with Gasteiger partial charge in [-0.3, -0.25) is 14.5 Å². The van der Waals surface area contributed by atoms with E-state index in [-0.39, 0.29) is 17.2 Å². The normalized spacial score (nSPS) is 17.3. The number of H-pyrrole nitrogens is 1. The lowest BCUT2D eigenvalue weighted by Crippen LogP contribution is -2.36. The van der Waals surface area contributed by atoms with Gasteiger partial charge in [0.05, 0.1) is 5.39 Å². The van der Waals surface area contributed by atoms with Gasteiger partial charge in [-0.15, -0.1) is 0 Å². The quantitative estimate of drug-likeness (QED) is 0.701. The van der Waals surface area contributed by atoms with Crippen LogP contribution in [0.15, 0.2) is 53.3 Å². The number of likely N-dealkylation sites (tertiary alicyclic amines) is 1. The van der Waals surface area contributed by atoms with E-state index in [4.69, 9.17) is 0 Å². The Morgan fingerprint density at radius 2 is 1.83 bits per heavy atom. The number of rotatable bonds is 5. The fourth-order valence-electron chi connectivity index (χ4n) is 3.94. The van der Waals surface area contributed by atoms with Crippen molar-refractivity contribution in [2.75, 3.05) is 6.54 Å². The first-order chi connectivity index (χ1) is 14.1. The number of carbonyl (C=O) groups is 1. The fourth-order valence-corrected chi connectivity index (χ4v) is 3.94. The highest BCUT2D eigenvalue weighted by Gasteiger charge is 2.18. The van der Waals surface area contributed by atoms with Crippen LogP contribution in [-0.2, 0) is 13.1 Å². The molecule has 1 aliphatic heterocycles. The molecule has 0 spiro atoms. The van der Waals surface area contributed by atoms with E-state index in [0.717, 1.165) is 12.1 Å². The highest BCUT2D eigenvalue weighted by molar-refractivity contribution is 6.04. The average molecular weight is 390 g/mol. The zero-order valence-corrected chi connectivity index (χ0v) is 16.6. The summed E-state index contributed by atoms with van der Waals surface area (Å²) in [5.41, 5.74) is 2.26. The van der Waals surface area contributed by atoms with Gasteiger partial charge in [-0.2, -0.15) is 5.10 Å². The molecule has 2 heterocycles. The molecule has 6 nitrogen and oxygen atoms in total. The minimum atomic E-state index is -0.302. The predicted molar refractivity (Wildman–Crippen MR) is 114 cm³/mol. The highest BCUT2D eigenvalue weighted by Crippen LogP contribution is 2.19. The molecular formula is C23H26N4O2. The van der Waals surface area contributed by atoms with Gasteiger partial charge in [0.1, 0.15) is 0 Å². The number of piperidine rings is 1. The van der Waals surface area contributed by atoms with Crippen LogP contribution in [0.4, 0.5) is 0 Å². The van der Waals surface area contributed by atoms with E-state index >= 15 is 0 Å². The first kappa shape index (κ1) is 19.3. The van der Waals surface area contributed by atoms with E-state index < -0.39 is 0 Å². The number of nitrogens with zero attached hydrogens (tertiary/aromatic N) is 2. The van der Waals surface area contributed by atoms with Crippen molar-refractivity contribution in [3.05, 3.63) is 75.7 Å². The first-order valence-corrected chi connectivity index (χ1v) is 10.2. The molecule has 29 heavy (non-hydrogen) atoms. The molecule has 2 aromatic carbocycles. The van der Waals surface area contributed by atoms with Crippen LogP contribution in [0, 0.1) is 0 Å². The minimum absolute atomic E-state index is 0.232. The number of amides is 1.